The van der Waals surface area contributed by atoms with Crippen molar-refractivity contribution in [1.82, 2.24) is 5.32 Å². The van der Waals surface area contributed by atoms with Crippen LogP contribution in [0.5, 0.6) is 0 Å². The molecule has 0 fully saturated rings. The lowest BCUT2D eigenvalue weighted by Gasteiger charge is -2.25. The topological polar surface area (TPSA) is 81.4 Å². The maximum atomic E-state index is 12.0. The number of hydrogen-bond acceptors (Lipinski definition) is 4. The Kier molecular flexibility index (Phi) is 7.05. The summed E-state index contributed by atoms with van der Waals surface area (Å²) >= 11 is 0. The number of carbonyl (C=O) groups is 2. The zero-order chi connectivity index (χ0) is 15.2. The van der Waals surface area contributed by atoms with Crippen LogP contribution in [0.25, 0.3) is 0 Å². The first-order valence-corrected chi connectivity index (χ1v) is 6.87. The highest BCUT2D eigenvalue weighted by Gasteiger charge is 2.28. The molecule has 0 aliphatic carbocycles. The normalized spacial score (nSPS) is 14.9. The molecule has 0 aromatic heterocycles. The van der Waals surface area contributed by atoms with Crippen LogP contribution in [0.2, 0.25) is 0 Å². The van der Waals surface area contributed by atoms with E-state index in [1.165, 1.54) is 0 Å². The van der Waals surface area contributed by atoms with Crippen molar-refractivity contribution < 1.29 is 14.3 Å². The summed E-state index contributed by atoms with van der Waals surface area (Å²) in [5.41, 5.74) is 5.21. The molecule has 5 nitrogen and oxygen atoms in total. The summed E-state index contributed by atoms with van der Waals surface area (Å²) < 4.78 is 5.30. The molecule has 112 valence electrons. The van der Waals surface area contributed by atoms with Crippen molar-refractivity contribution in [3.05, 3.63) is 0 Å². The molecule has 3 N–H and O–H groups in total. The van der Waals surface area contributed by atoms with Gasteiger partial charge in [-0.25, -0.2) is 4.79 Å². The number of carbonyl (C=O) groups excluding carboxylic acids is 2. The third-order valence-electron chi connectivity index (χ3n) is 2.61. The number of hydrogen-bond donors (Lipinski definition) is 2. The van der Waals surface area contributed by atoms with E-state index in [9.17, 15) is 9.59 Å². The van der Waals surface area contributed by atoms with Gasteiger partial charge in [-0.1, -0.05) is 27.2 Å². The molecule has 0 rings (SSSR count). The molecular formula is C14H28N2O3. The molecule has 0 radical (unpaired) electrons. The number of rotatable bonds is 6. The van der Waals surface area contributed by atoms with Gasteiger partial charge in [0.25, 0.3) is 0 Å². The van der Waals surface area contributed by atoms with Gasteiger partial charge in [0.05, 0.1) is 6.04 Å². The first-order chi connectivity index (χ1) is 8.58. The zero-order valence-corrected chi connectivity index (χ0v) is 12.9. The summed E-state index contributed by atoms with van der Waals surface area (Å²) in [7, 11) is 0. The van der Waals surface area contributed by atoms with Gasteiger partial charge < -0.3 is 15.8 Å². The van der Waals surface area contributed by atoms with Gasteiger partial charge in [-0.05, 0) is 33.1 Å². The minimum Gasteiger partial charge on any atom is -0.458 e. The lowest BCUT2D eigenvalue weighted by atomic mass is 10.0. The minimum atomic E-state index is -0.624. The smallest absolute Gasteiger partial charge is 0.329 e. The molecule has 0 bridgehead atoms. The number of esters is 1. The molecule has 2 atom stereocenters. The van der Waals surface area contributed by atoms with E-state index < -0.39 is 23.7 Å². The van der Waals surface area contributed by atoms with Gasteiger partial charge in [-0.15, -0.1) is 0 Å². The Labute approximate surface area is 116 Å². The maximum Gasteiger partial charge on any atom is 0.329 e. The van der Waals surface area contributed by atoms with E-state index in [1.807, 2.05) is 20.8 Å². The van der Waals surface area contributed by atoms with Crippen molar-refractivity contribution in [1.29, 1.82) is 0 Å². The first kappa shape index (κ1) is 17.9. The predicted molar refractivity (Wildman–Crippen MR) is 75.5 cm³/mol. The van der Waals surface area contributed by atoms with Crippen LogP contribution in [0.15, 0.2) is 0 Å². The summed E-state index contributed by atoms with van der Waals surface area (Å²) in [5.74, 6) is -0.682. The molecule has 1 amide bonds. The van der Waals surface area contributed by atoms with Crippen LogP contribution < -0.4 is 11.1 Å². The molecule has 0 spiro atoms. The van der Waals surface area contributed by atoms with Gasteiger partial charge in [0.15, 0.2) is 0 Å². The lowest BCUT2D eigenvalue weighted by molar-refractivity contribution is -0.159. The van der Waals surface area contributed by atoms with E-state index in [-0.39, 0.29) is 11.8 Å². The van der Waals surface area contributed by atoms with E-state index in [0.29, 0.717) is 6.42 Å². The second kappa shape index (κ2) is 7.48. The summed E-state index contributed by atoms with van der Waals surface area (Å²) in [6.07, 6.45) is 1.33. The van der Waals surface area contributed by atoms with Gasteiger partial charge in [0.2, 0.25) is 5.91 Å². The van der Waals surface area contributed by atoms with E-state index in [4.69, 9.17) is 10.5 Å². The standard InChI is InChI=1S/C14H28N2O3/c1-7-8-10(13(18)19-14(4,5)6)16-12(17)11(15)9(2)3/h9-11H,7-8,15H2,1-6H3,(H,16,17)/t10-,11+/m0/s1. The van der Waals surface area contributed by atoms with Crippen molar-refractivity contribution in [2.45, 2.75) is 72.1 Å². The van der Waals surface area contributed by atoms with Crippen molar-refractivity contribution in [2.24, 2.45) is 11.7 Å². The van der Waals surface area contributed by atoms with Crippen molar-refractivity contribution in [3.8, 4) is 0 Å². The summed E-state index contributed by atoms with van der Waals surface area (Å²) in [6.45, 7) is 11.1. The van der Waals surface area contributed by atoms with Crippen molar-refractivity contribution in [2.75, 3.05) is 0 Å². The fourth-order valence-electron chi connectivity index (χ4n) is 1.48. The molecular weight excluding hydrogens is 244 g/mol. The molecule has 19 heavy (non-hydrogen) atoms. The minimum absolute atomic E-state index is 0.0286. The monoisotopic (exact) mass is 272 g/mol. The van der Waals surface area contributed by atoms with Crippen LogP contribution in [-0.2, 0) is 14.3 Å². The van der Waals surface area contributed by atoms with Gasteiger partial charge >= 0.3 is 5.97 Å². The quantitative estimate of drug-likeness (QED) is 0.720. The average Bonchev–Trinajstić information content (AvgIpc) is 2.24. The number of ether oxygens (including phenoxy) is 1. The van der Waals surface area contributed by atoms with Crippen LogP contribution in [0.1, 0.15) is 54.4 Å². The molecule has 0 heterocycles. The third-order valence-corrected chi connectivity index (χ3v) is 2.61. The Hall–Kier alpha value is -1.10. The molecule has 0 aromatic carbocycles. The van der Waals surface area contributed by atoms with Crippen LogP contribution >= 0.6 is 0 Å². The Morgan fingerprint density at radius 3 is 2.16 bits per heavy atom. The van der Waals surface area contributed by atoms with E-state index in [2.05, 4.69) is 5.32 Å². The van der Waals surface area contributed by atoms with Gasteiger partial charge in [-0.3, -0.25) is 4.79 Å². The number of nitrogens with one attached hydrogen (secondary N) is 1. The Bertz CT molecular complexity index is 308. The van der Waals surface area contributed by atoms with E-state index in [1.54, 1.807) is 20.8 Å². The number of nitrogens with two attached hydrogens (primary N) is 1. The molecule has 5 heteroatoms. The fraction of sp³-hybridized carbons (Fsp3) is 0.857. The predicted octanol–water partition coefficient (Wildman–Crippen LogP) is 1.60. The maximum absolute atomic E-state index is 12.0. The summed E-state index contributed by atoms with van der Waals surface area (Å²) in [4.78, 5) is 23.9. The Balaban J connectivity index is 4.65. The van der Waals surface area contributed by atoms with E-state index in [0.717, 1.165) is 6.42 Å². The third kappa shape index (κ3) is 7.15. The van der Waals surface area contributed by atoms with Crippen LogP contribution in [0.4, 0.5) is 0 Å². The second-order valence-electron chi connectivity index (χ2n) is 6.15. The van der Waals surface area contributed by atoms with Gasteiger partial charge in [0, 0.05) is 0 Å². The van der Waals surface area contributed by atoms with Crippen molar-refractivity contribution in [3.63, 3.8) is 0 Å². The van der Waals surface area contributed by atoms with Crippen LogP contribution in [-0.4, -0.2) is 29.6 Å². The molecule has 0 unspecified atom stereocenters. The Morgan fingerprint density at radius 1 is 1.26 bits per heavy atom. The lowest BCUT2D eigenvalue weighted by Crippen LogP contribution is -2.51. The Morgan fingerprint density at radius 2 is 1.79 bits per heavy atom. The SMILES string of the molecule is CCC[C@H](NC(=O)[C@H](N)C(C)C)C(=O)OC(C)(C)C. The molecule has 0 saturated heterocycles. The number of amides is 1. The largest absolute Gasteiger partial charge is 0.458 e. The van der Waals surface area contributed by atoms with Gasteiger partial charge in [0.1, 0.15) is 11.6 Å². The molecule has 0 aliphatic rings. The highest BCUT2D eigenvalue weighted by Crippen LogP contribution is 2.11. The second-order valence-corrected chi connectivity index (χ2v) is 6.15. The molecule has 0 aromatic rings. The van der Waals surface area contributed by atoms with Crippen LogP contribution in [0.3, 0.4) is 0 Å². The summed E-state index contributed by atoms with van der Waals surface area (Å²) in [6, 6.07) is -1.23. The molecule has 0 aliphatic heterocycles. The summed E-state index contributed by atoms with van der Waals surface area (Å²) in [5, 5.41) is 2.68. The van der Waals surface area contributed by atoms with Crippen LogP contribution in [0, 0.1) is 5.92 Å². The first-order valence-electron chi connectivity index (χ1n) is 6.87. The average molecular weight is 272 g/mol. The highest BCUT2D eigenvalue weighted by atomic mass is 16.6. The highest BCUT2D eigenvalue weighted by molar-refractivity contribution is 5.87. The zero-order valence-electron chi connectivity index (χ0n) is 12.9. The van der Waals surface area contributed by atoms with E-state index >= 15 is 0 Å². The molecule has 0 saturated carbocycles. The fourth-order valence-corrected chi connectivity index (χ4v) is 1.48. The van der Waals surface area contributed by atoms with Gasteiger partial charge in [-0.2, -0.15) is 0 Å². The van der Waals surface area contributed by atoms with Crippen molar-refractivity contribution >= 4 is 11.9 Å².